The standard InChI is InChI=1S/C6H10S2/c1-2-3-6-5(7)4-8-6/h2,5-7H,1,3-4H2. The summed E-state index contributed by atoms with van der Waals surface area (Å²) in [7, 11) is 0. The van der Waals surface area contributed by atoms with Crippen molar-refractivity contribution in [3.05, 3.63) is 12.7 Å². The van der Waals surface area contributed by atoms with Gasteiger partial charge in [-0.15, -0.1) is 6.58 Å². The summed E-state index contributed by atoms with van der Waals surface area (Å²) in [6, 6.07) is 0. The van der Waals surface area contributed by atoms with Crippen molar-refractivity contribution in [3.63, 3.8) is 0 Å². The van der Waals surface area contributed by atoms with Crippen LogP contribution < -0.4 is 0 Å². The maximum absolute atomic E-state index is 4.35. The average molecular weight is 146 g/mol. The molecule has 0 aliphatic carbocycles. The van der Waals surface area contributed by atoms with E-state index < -0.39 is 0 Å². The van der Waals surface area contributed by atoms with Crippen LogP contribution in [0.2, 0.25) is 0 Å². The summed E-state index contributed by atoms with van der Waals surface area (Å²) in [6.07, 6.45) is 3.10. The molecule has 0 N–H and O–H groups in total. The number of allylic oxidation sites excluding steroid dienone is 1. The first-order valence-electron chi connectivity index (χ1n) is 2.75. The lowest BCUT2D eigenvalue weighted by Crippen LogP contribution is -2.30. The van der Waals surface area contributed by atoms with Crippen molar-refractivity contribution >= 4 is 24.4 Å². The van der Waals surface area contributed by atoms with Gasteiger partial charge >= 0.3 is 0 Å². The van der Waals surface area contributed by atoms with E-state index in [1.54, 1.807) is 0 Å². The van der Waals surface area contributed by atoms with Crippen LogP contribution in [0.5, 0.6) is 0 Å². The smallest absolute Gasteiger partial charge is 0.0230 e. The van der Waals surface area contributed by atoms with E-state index in [0.29, 0.717) is 5.25 Å². The molecule has 0 radical (unpaired) electrons. The molecule has 0 aromatic heterocycles. The molecule has 46 valence electrons. The Morgan fingerprint density at radius 2 is 2.62 bits per heavy atom. The molecule has 1 aliphatic rings. The quantitative estimate of drug-likeness (QED) is 0.459. The van der Waals surface area contributed by atoms with Crippen LogP contribution in [-0.2, 0) is 0 Å². The zero-order valence-corrected chi connectivity index (χ0v) is 6.42. The van der Waals surface area contributed by atoms with Crippen molar-refractivity contribution in [1.29, 1.82) is 0 Å². The van der Waals surface area contributed by atoms with E-state index in [2.05, 4.69) is 19.2 Å². The maximum atomic E-state index is 4.35. The summed E-state index contributed by atoms with van der Waals surface area (Å²) >= 11 is 6.34. The lowest BCUT2D eigenvalue weighted by molar-refractivity contribution is 0.820. The zero-order chi connectivity index (χ0) is 5.98. The van der Waals surface area contributed by atoms with Crippen LogP contribution in [0.25, 0.3) is 0 Å². The molecule has 1 rings (SSSR count). The molecule has 0 bridgehead atoms. The van der Waals surface area contributed by atoms with Gasteiger partial charge in [0.1, 0.15) is 0 Å². The Kier molecular flexibility index (Phi) is 2.32. The lowest BCUT2D eigenvalue weighted by atomic mass is 10.2. The Bertz CT molecular complexity index is 90.5. The van der Waals surface area contributed by atoms with Crippen LogP contribution in [0.1, 0.15) is 6.42 Å². The maximum Gasteiger partial charge on any atom is 0.0230 e. The molecule has 1 aliphatic heterocycles. The number of thioether (sulfide) groups is 1. The molecular formula is C6H10S2. The Hall–Kier alpha value is 0.440. The molecule has 2 atom stereocenters. The molecule has 0 amide bonds. The molecule has 0 nitrogen and oxygen atoms in total. The van der Waals surface area contributed by atoms with Gasteiger partial charge in [0.15, 0.2) is 0 Å². The predicted molar refractivity (Wildman–Crippen MR) is 43.8 cm³/mol. The molecule has 0 aromatic carbocycles. The molecule has 0 saturated carbocycles. The molecule has 0 spiro atoms. The van der Waals surface area contributed by atoms with Gasteiger partial charge < -0.3 is 0 Å². The van der Waals surface area contributed by atoms with Crippen molar-refractivity contribution in [1.82, 2.24) is 0 Å². The van der Waals surface area contributed by atoms with Gasteiger partial charge in [0, 0.05) is 16.3 Å². The van der Waals surface area contributed by atoms with E-state index in [9.17, 15) is 0 Å². The summed E-state index contributed by atoms with van der Waals surface area (Å²) in [6.45, 7) is 3.67. The second-order valence-corrected chi connectivity index (χ2v) is 3.90. The molecule has 2 unspecified atom stereocenters. The molecular weight excluding hydrogens is 136 g/mol. The van der Waals surface area contributed by atoms with E-state index in [1.165, 1.54) is 5.75 Å². The van der Waals surface area contributed by atoms with Gasteiger partial charge in [-0.3, -0.25) is 0 Å². The number of hydrogen-bond donors (Lipinski definition) is 1. The van der Waals surface area contributed by atoms with Gasteiger partial charge in [-0.1, -0.05) is 6.08 Å². The van der Waals surface area contributed by atoms with Gasteiger partial charge in [-0.25, -0.2) is 0 Å². The van der Waals surface area contributed by atoms with Crippen LogP contribution >= 0.6 is 24.4 Å². The topological polar surface area (TPSA) is 0 Å². The van der Waals surface area contributed by atoms with Gasteiger partial charge in [0.2, 0.25) is 0 Å². The van der Waals surface area contributed by atoms with Crippen molar-refractivity contribution in [2.75, 3.05) is 5.75 Å². The predicted octanol–water partition coefficient (Wildman–Crippen LogP) is 1.98. The molecule has 8 heavy (non-hydrogen) atoms. The normalized spacial score (nSPS) is 36.1. The summed E-state index contributed by atoms with van der Waals surface area (Å²) in [4.78, 5) is 0. The molecule has 1 heterocycles. The van der Waals surface area contributed by atoms with Gasteiger partial charge in [0.05, 0.1) is 0 Å². The highest BCUT2D eigenvalue weighted by atomic mass is 32.2. The van der Waals surface area contributed by atoms with Crippen LogP contribution in [0.15, 0.2) is 12.7 Å². The highest BCUT2D eigenvalue weighted by Gasteiger charge is 2.26. The largest absolute Gasteiger partial charge is 0.174 e. The van der Waals surface area contributed by atoms with Gasteiger partial charge in [-0.05, 0) is 6.42 Å². The van der Waals surface area contributed by atoms with Crippen LogP contribution in [0.4, 0.5) is 0 Å². The third-order valence-corrected chi connectivity index (χ3v) is 3.80. The highest BCUT2D eigenvalue weighted by Crippen LogP contribution is 2.34. The third-order valence-electron chi connectivity index (χ3n) is 1.31. The fourth-order valence-corrected chi connectivity index (χ4v) is 2.25. The first kappa shape index (κ1) is 6.56. The molecule has 1 fully saturated rings. The summed E-state index contributed by atoms with van der Waals surface area (Å²) in [5.41, 5.74) is 0. The van der Waals surface area contributed by atoms with E-state index in [0.717, 1.165) is 11.7 Å². The van der Waals surface area contributed by atoms with Crippen molar-refractivity contribution in [2.45, 2.75) is 16.9 Å². The average Bonchev–Trinajstić information content (AvgIpc) is 1.79. The minimum atomic E-state index is 0.637. The number of rotatable bonds is 2. The van der Waals surface area contributed by atoms with Crippen molar-refractivity contribution < 1.29 is 0 Å². The SMILES string of the molecule is C=CCC1SCC1S. The fraction of sp³-hybridized carbons (Fsp3) is 0.667. The van der Waals surface area contributed by atoms with Gasteiger partial charge in [-0.2, -0.15) is 24.4 Å². The molecule has 2 heteroatoms. The van der Waals surface area contributed by atoms with Crippen LogP contribution in [0, 0.1) is 0 Å². The third kappa shape index (κ3) is 1.23. The highest BCUT2D eigenvalue weighted by molar-refractivity contribution is 8.03. The monoisotopic (exact) mass is 146 g/mol. The minimum Gasteiger partial charge on any atom is -0.174 e. The van der Waals surface area contributed by atoms with E-state index in [4.69, 9.17) is 0 Å². The van der Waals surface area contributed by atoms with Crippen LogP contribution in [-0.4, -0.2) is 16.3 Å². The minimum absolute atomic E-state index is 0.637. The van der Waals surface area contributed by atoms with E-state index in [-0.39, 0.29) is 0 Å². The molecule has 0 aromatic rings. The zero-order valence-electron chi connectivity index (χ0n) is 4.71. The van der Waals surface area contributed by atoms with E-state index >= 15 is 0 Å². The first-order chi connectivity index (χ1) is 3.84. The van der Waals surface area contributed by atoms with E-state index in [1.807, 2.05) is 17.8 Å². The Morgan fingerprint density at radius 1 is 1.88 bits per heavy atom. The van der Waals surface area contributed by atoms with Gasteiger partial charge in [0.25, 0.3) is 0 Å². The number of hydrogen-bond acceptors (Lipinski definition) is 2. The summed E-state index contributed by atoms with van der Waals surface area (Å²) in [5.74, 6) is 1.22. The fourth-order valence-electron chi connectivity index (χ4n) is 0.708. The first-order valence-corrected chi connectivity index (χ1v) is 4.31. The Morgan fingerprint density at radius 3 is 2.75 bits per heavy atom. The van der Waals surface area contributed by atoms with Crippen LogP contribution in [0.3, 0.4) is 0 Å². The number of thiol groups is 1. The summed E-state index contributed by atoms with van der Waals surface area (Å²) < 4.78 is 0. The second kappa shape index (κ2) is 2.83. The van der Waals surface area contributed by atoms with Crippen molar-refractivity contribution in [3.8, 4) is 0 Å². The molecule has 1 saturated heterocycles. The second-order valence-electron chi connectivity index (χ2n) is 1.96. The Balaban J connectivity index is 2.16. The Labute approximate surface area is 60.1 Å². The summed E-state index contributed by atoms with van der Waals surface area (Å²) in [5, 5.41) is 1.40. The lowest BCUT2D eigenvalue weighted by Gasteiger charge is -2.31. The van der Waals surface area contributed by atoms with Crippen molar-refractivity contribution in [2.24, 2.45) is 0 Å².